The maximum absolute atomic E-state index is 13.0. The maximum atomic E-state index is 13.0. The number of benzene rings is 2. The van der Waals surface area contributed by atoms with Gasteiger partial charge in [0, 0.05) is 24.7 Å². The molecule has 1 amide bonds. The van der Waals surface area contributed by atoms with Gasteiger partial charge in [-0.2, -0.15) is 0 Å². The van der Waals surface area contributed by atoms with Crippen LogP contribution in [0.1, 0.15) is 23.2 Å². The average molecular weight is 380 g/mol. The molecule has 0 atom stereocenters. The van der Waals surface area contributed by atoms with Crippen molar-refractivity contribution in [2.24, 2.45) is 0 Å². The molecule has 2 aromatic carbocycles. The van der Waals surface area contributed by atoms with Gasteiger partial charge in [0.25, 0.3) is 5.91 Å². The zero-order valence-corrected chi connectivity index (χ0v) is 14.7. The molecule has 26 heavy (non-hydrogen) atoms. The number of rotatable bonds is 4. The third-order valence-corrected chi connectivity index (χ3v) is 5.86. The third-order valence-electron chi connectivity index (χ3n) is 4.32. The van der Waals surface area contributed by atoms with E-state index in [1.165, 1.54) is 36.4 Å². The Kier molecular flexibility index (Phi) is 5.33. The molecule has 0 spiro atoms. The summed E-state index contributed by atoms with van der Waals surface area (Å²) in [5, 5.41) is 0. The van der Waals surface area contributed by atoms with Crippen LogP contribution in [0, 0.1) is 11.6 Å². The summed E-state index contributed by atoms with van der Waals surface area (Å²) in [4.78, 5) is 14.0. The van der Waals surface area contributed by atoms with E-state index in [-0.39, 0.29) is 16.8 Å². The van der Waals surface area contributed by atoms with Crippen LogP contribution in [0.15, 0.2) is 53.4 Å². The number of carbonyl (C=O) groups excluding carboxylic acids is 1. The van der Waals surface area contributed by atoms with E-state index in [1.807, 2.05) is 0 Å². The first-order valence-corrected chi connectivity index (χ1v) is 9.66. The predicted molar refractivity (Wildman–Crippen MR) is 92.0 cm³/mol. The summed E-state index contributed by atoms with van der Waals surface area (Å²) in [6, 6.07) is 9.64. The molecule has 0 bridgehead atoms. The van der Waals surface area contributed by atoms with E-state index in [1.54, 1.807) is 4.90 Å². The van der Waals surface area contributed by atoms with Gasteiger partial charge in [0.2, 0.25) is 10.0 Å². The topological polar surface area (TPSA) is 66.5 Å². The van der Waals surface area contributed by atoms with Crippen LogP contribution in [0.3, 0.4) is 0 Å². The summed E-state index contributed by atoms with van der Waals surface area (Å²) in [5.74, 6) is -1.11. The lowest BCUT2D eigenvalue weighted by atomic mass is 10.0. The molecule has 1 aliphatic heterocycles. The standard InChI is InChI=1S/C18H18F2N2O3S/c19-14-3-1-13(2-4-14)18(23)22-11-9-16(10-12-22)21-26(24,25)17-7-5-15(20)6-8-17/h1-8,16,21H,9-12H2. The van der Waals surface area contributed by atoms with Crippen molar-refractivity contribution in [3.8, 4) is 0 Å². The SMILES string of the molecule is O=C(c1ccc(F)cc1)N1CCC(NS(=O)(=O)c2ccc(F)cc2)CC1. The fourth-order valence-electron chi connectivity index (χ4n) is 2.88. The molecule has 2 aromatic rings. The average Bonchev–Trinajstić information content (AvgIpc) is 2.62. The molecule has 8 heteroatoms. The Morgan fingerprint density at radius 1 is 0.923 bits per heavy atom. The van der Waals surface area contributed by atoms with Gasteiger partial charge in [-0.05, 0) is 61.4 Å². The fourth-order valence-corrected chi connectivity index (χ4v) is 4.18. The first kappa shape index (κ1) is 18.5. The van der Waals surface area contributed by atoms with Crippen molar-refractivity contribution < 1.29 is 22.0 Å². The Morgan fingerprint density at radius 2 is 1.42 bits per heavy atom. The van der Waals surface area contributed by atoms with Gasteiger partial charge in [-0.15, -0.1) is 0 Å². The normalized spacial score (nSPS) is 15.8. The minimum absolute atomic E-state index is 0.00344. The number of hydrogen-bond donors (Lipinski definition) is 1. The second-order valence-electron chi connectivity index (χ2n) is 6.15. The number of piperidine rings is 1. The Hall–Kier alpha value is -2.32. The van der Waals surface area contributed by atoms with E-state index in [2.05, 4.69) is 4.72 Å². The van der Waals surface area contributed by atoms with Gasteiger partial charge in [0.15, 0.2) is 0 Å². The zero-order valence-electron chi connectivity index (χ0n) is 13.9. The van der Waals surface area contributed by atoms with Crippen LogP contribution >= 0.6 is 0 Å². The minimum Gasteiger partial charge on any atom is -0.339 e. The van der Waals surface area contributed by atoms with E-state index >= 15 is 0 Å². The third kappa shape index (κ3) is 4.25. The molecule has 138 valence electrons. The molecule has 0 unspecified atom stereocenters. The maximum Gasteiger partial charge on any atom is 0.253 e. The summed E-state index contributed by atoms with van der Waals surface area (Å²) in [5.41, 5.74) is 0.400. The van der Waals surface area contributed by atoms with E-state index in [9.17, 15) is 22.0 Å². The van der Waals surface area contributed by atoms with Gasteiger partial charge < -0.3 is 4.90 Å². The highest BCUT2D eigenvalue weighted by atomic mass is 32.2. The van der Waals surface area contributed by atoms with E-state index in [4.69, 9.17) is 0 Å². The lowest BCUT2D eigenvalue weighted by Gasteiger charge is -2.32. The number of likely N-dealkylation sites (tertiary alicyclic amines) is 1. The molecule has 1 N–H and O–H groups in total. The summed E-state index contributed by atoms with van der Waals surface area (Å²) in [6.07, 6.45) is 0.931. The van der Waals surface area contributed by atoms with Crippen LogP contribution in [-0.2, 0) is 10.0 Å². The van der Waals surface area contributed by atoms with Crippen LogP contribution < -0.4 is 4.72 Å². The Balaban J connectivity index is 1.59. The number of carbonyl (C=O) groups is 1. The molecule has 0 aromatic heterocycles. The van der Waals surface area contributed by atoms with Crippen LogP contribution in [0.4, 0.5) is 8.78 Å². The van der Waals surface area contributed by atoms with Crippen molar-refractivity contribution in [2.45, 2.75) is 23.8 Å². The van der Waals surface area contributed by atoms with Gasteiger partial charge in [0.05, 0.1) is 4.90 Å². The van der Waals surface area contributed by atoms with Gasteiger partial charge >= 0.3 is 0 Å². The summed E-state index contributed by atoms with van der Waals surface area (Å²) in [6.45, 7) is 0.791. The Labute approximate surface area is 150 Å². The molecule has 1 heterocycles. The van der Waals surface area contributed by atoms with Crippen LogP contribution in [0.5, 0.6) is 0 Å². The van der Waals surface area contributed by atoms with Gasteiger partial charge in [-0.3, -0.25) is 4.79 Å². The monoisotopic (exact) mass is 380 g/mol. The van der Waals surface area contributed by atoms with Crippen LogP contribution in [0.25, 0.3) is 0 Å². The molecular formula is C18H18F2N2O3S. The second kappa shape index (κ2) is 7.51. The highest BCUT2D eigenvalue weighted by Gasteiger charge is 2.27. The first-order valence-electron chi connectivity index (χ1n) is 8.18. The lowest BCUT2D eigenvalue weighted by molar-refractivity contribution is 0.0711. The number of nitrogens with zero attached hydrogens (tertiary/aromatic N) is 1. The van der Waals surface area contributed by atoms with Crippen molar-refractivity contribution in [1.29, 1.82) is 0 Å². The smallest absolute Gasteiger partial charge is 0.253 e. The molecule has 5 nitrogen and oxygen atoms in total. The molecule has 3 rings (SSSR count). The van der Waals surface area contributed by atoms with Gasteiger partial charge in [-0.1, -0.05) is 0 Å². The Morgan fingerprint density at radius 3 is 1.96 bits per heavy atom. The molecule has 1 aliphatic rings. The summed E-state index contributed by atoms with van der Waals surface area (Å²) < 4.78 is 53.2. The largest absolute Gasteiger partial charge is 0.339 e. The van der Waals surface area contributed by atoms with Crippen LogP contribution in [-0.4, -0.2) is 38.4 Å². The summed E-state index contributed by atoms with van der Waals surface area (Å²) in [7, 11) is -3.73. The number of nitrogens with one attached hydrogen (secondary N) is 1. The Bertz CT molecular complexity index is 876. The van der Waals surface area contributed by atoms with E-state index < -0.39 is 21.7 Å². The van der Waals surface area contributed by atoms with Gasteiger partial charge in [0.1, 0.15) is 11.6 Å². The van der Waals surface area contributed by atoms with Gasteiger partial charge in [-0.25, -0.2) is 21.9 Å². The second-order valence-corrected chi connectivity index (χ2v) is 7.86. The fraction of sp³-hybridized carbons (Fsp3) is 0.278. The number of hydrogen-bond acceptors (Lipinski definition) is 3. The van der Waals surface area contributed by atoms with Crippen molar-refractivity contribution in [2.75, 3.05) is 13.1 Å². The number of sulfonamides is 1. The summed E-state index contributed by atoms with van der Waals surface area (Å²) >= 11 is 0. The van der Waals surface area contributed by atoms with Crippen molar-refractivity contribution in [3.63, 3.8) is 0 Å². The van der Waals surface area contributed by atoms with E-state index in [0.29, 0.717) is 31.5 Å². The quantitative estimate of drug-likeness (QED) is 0.887. The molecule has 0 aliphatic carbocycles. The molecular weight excluding hydrogens is 362 g/mol. The van der Waals surface area contributed by atoms with E-state index in [0.717, 1.165) is 12.1 Å². The zero-order chi connectivity index (χ0) is 18.7. The predicted octanol–water partition coefficient (Wildman–Crippen LogP) is 2.55. The van der Waals surface area contributed by atoms with Crippen LogP contribution in [0.2, 0.25) is 0 Å². The van der Waals surface area contributed by atoms with Crippen molar-refractivity contribution in [3.05, 3.63) is 65.7 Å². The first-order chi connectivity index (χ1) is 12.3. The lowest BCUT2D eigenvalue weighted by Crippen LogP contribution is -2.46. The highest BCUT2D eigenvalue weighted by Crippen LogP contribution is 2.17. The van der Waals surface area contributed by atoms with Crippen molar-refractivity contribution >= 4 is 15.9 Å². The van der Waals surface area contributed by atoms with Crippen molar-refractivity contribution in [1.82, 2.24) is 9.62 Å². The molecule has 0 saturated carbocycles. The number of halogens is 2. The number of amides is 1. The molecule has 1 saturated heterocycles. The minimum atomic E-state index is -3.73. The molecule has 0 radical (unpaired) electrons. The molecule has 1 fully saturated rings. The highest BCUT2D eigenvalue weighted by molar-refractivity contribution is 7.89.